The van der Waals surface area contributed by atoms with Gasteiger partial charge in [0.25, 0.3) is 0 Å². The van der Waals surface area contributed by atoms with Crippen LogP contribution in [0.3, 0.4) is 0 Å². The maximum atomic E-state index is 12.4. The molecule has 6 nitrogen and oxygen atoms in total. The quantitative estimate of drug-likeness (QED) is 0.786. The van der Waals surface area contributed by atoms with Crippen LogP contribution in [-0.2, 0) is 13.0 Å². The number of ether oxygens (including phenoxy) is 2. The van der Waals surface area contributed by atoms with E-state index in [1.807, 2.05) is 0 Å². The van der Waals surface area contributed by atoms with Crippen molar-refractivity contribution in [2.24, 2.45) is 0 Å². The van der Waals surface area contributed by atoms with Crippen molar-refractivity contribution in [1.29, 1.82) is 0 Å². The molecular weight excluding hydrogens is 270 g/mol. The first-order valence-electron chi connectivity index (χ1n) is 7.07. The number of ketones is 1. The second-order valence-corrected chi connectivity index (χ2v) is 4.86. The van der Waals surface area contributed by atoms with Gasteiger partial charge in [0.1, 0.15) is 25.4 Å². The Kier molecular flexibility index (Phi) is 3.85. The number of benzene rings is 1. The Balaban J connectivity index is 1.77. The summed E-state index contributed by atoms with van der Waals surface area (Å²) < 4.78 is 12.7. The second kappa shape index (κ2) is 5.95. The lowest BCUT2D eigenvalue weighted by atomic mass is 10.1. The molecule has 0 saturated heterocycles. The van der Waals surface area contributed by atoms with Crippen molar-refractivity contribution in [3.63, 3.8) is 0 Å². The fourth-order valence-electron chi connectivity index (χ4n) is 2.29. The van der Waals surface area contributed by atoms with E-state index in [0.717, 1.165) is 13.0 Å². The molecule has 1 aliphatic rings. The lowest BCUT2D eigenvalue weighted by Gasteiger charge is -2.18. The largest absolute Gasteiger partial charge is 0.486 e. The van der Waals surface area contributed by atoms with Crippen molar-refractivity contribution >= 4 is 5.78 Å². The van der Waals surface area contributed by atoms with E-state index in [4.69, 9.17) is 9.47 Å². The molecule has 0 spiro atoms. The molecule has 21 heavy (non-hydrogen) atoms. The first-order chi connectivity index (χ1) is 10.3. The van der Waals surface area contributed by atoms with E-state index in [-0.39, 0.29) is 12.2 Å². The number of aromatic nitrogens is 3. The van der Waals surface area contributed by atoms with E-state index in [1.54, 1.807) is 22.9 Å². The van der Waals surface area contributed by atoms with Crippen LogP contribution in [-0.4, -0.2) is 33.8 Å². The number of carbonyl (C=O) groups is 1. The molecular formula is C15H17N3O3. The average Bonchev–Trinajstić information content (AvgIpc) is 2.94. The van der Waals surface area contributed by atoms with Crippen molar-refractivity contribution in [2.75, 3.05) is 13.2 Å². The van der Waals surface area contributed by atoms with Gasteiger partial charge in [0.05, 0.1) is 6.42 Å². The number of carbonyl (C=O) groups excluding carboxylic acids is 1. The number of aryl methyl sites for hydroxylation is 1. The zero-order chi connectivity index (χ0) is 14.7. The van der Waals surface area contributed by atoms with Gasteiger partial charge in [-0.05, 0) is 24.6 Å². The predicted octanol–water partition coefficient (Wildman–Crippen LogP) is 1.88. The summed E-state index contributed by atoms with van der Waals surface area (Å²) in [4.78, 5) is 16.5. The highest BCUT2D eigenvalue weighted by Crippen LogP contribution is 2.31. The summed E-state index contributed by atoms with van der Waals surface area (Å²) in [5.74, 6) is 2.00. The fourth-order valence-corrected chi connectivity index (χ4v) is 2.29. The van der Waals surface area contributed by atoms with Crippen LogP contribution in [0.15, 0.2) is 24.5 Å². The smallest absolute Gasteiger partial charge is 0.170 e. The van der Waals surface area contributed by atoms with Crippen molar-refractivity contribution < 1.29 is 14.3 Å². The van der Waals surface area contributed by atoms with Crippen LogP contribution in [0.5, 0.6) is 11.5 Å². The van der Waals surface area contributed by atoms with Gasteiger partial charge in [-0.1, -0.05) is 6.92 Å². The molecule has 0 fully saturated rings. The maximum Gasteiger partial charge on any atom is 0.170 e. The molecule has 0 aliphatic carbocycles. The van der Waals surface area contributed by atoms with Crippen LogP contribution >= 0.6 is 0 Å². The van der Waals surface area contributed by atoms with Crippen LogP contribution in [0.1, 0.15) is 29.5 Å². The topological polar surface area (TPSA) is 66.2 Å². The molecule has 0 atom stereocenters. The van der Waals surface area contributed by atoms with E-state index >= 15 is 0 Å². The number of rotatable bonds is 5. The number of Topliss-reactive ketones (excluding diaryl/α,β-unsaturated/α-hetero) is 1. The zero-order valence-corrected chi connectivity index (χ0v) is 11.9. The third kappa shape index (κ3) is 2.89. The van der Waals surface area contributed by atoms with E-state index in [1.165, 1.54) is 6.33 Å². The molecule has 2 heterocycles. The van der Waals surface area contributed by atoms with Gasteiger partial charge in [-0.3, -0.25) is 4.79 Å². The Hall–Kier alpha value is -2.37. The number of nitrogens with zero attached hydrogens (tertiary/aromatic N) is 3. The number of fused-ring (bicyclic) bond motifs is 1. The highest BCUT2D eigenvalue weighted by molar-refractivity contribution is 5.97. The molecule has 6 heteroatoms. The number of hydrogen-bond donors (Lipinski definition) is 0. The van der Waals surface area contributed by atoms with Gasteiger partial charge < -0.3 is 9.47 Å². The Labute approximate surface area is 122 Å². The van der Waals surface area contributed by atoms with Crippen LogP contribution in [0.25, 0.3) is 0 Å². The van der Waals surface area contributed by atoms with Gasteiger partial charge in [0, 0.05) is 12.1 Å². The summed E-state index contributed by atoms with van der Waals surface area (Å²) in [7, 11) is 0. The van der Waals surface area contributed by atoms with Crippen LogP contribution < -0.4 is 9.47 Å². The first kappa shape index (κ1) is 13.6. The SMILES string of the molecule is CCCn1ncnc1CC(=O)c1ccc2c(c1)OCCO2. The molecule has 0 amide bonds. The molecule has 2 aromatic rings. The van der Waals surface area contributed by atoms with Gasteiger partial charge >= 0.3 is 0 Å². The predicted molar refractivity (Wildman–Crippen MR) is 75.8 cm³/mol. The summed E-state index contributed by atoms with van der Waals surface area (Å²) in [5.41, 5.74) is 0.602. The van der Waals surface area contributed by atoms with Gasteiger partial charge in [-0.25, -0.2) is 9.67 Å². The summed E-state index contributed by atoms with van der Waals surface area (Å²) in [6, 6.07) is 5.27. The molecule has 0 radical (unpaired) electrons. The Morgan fingerprint density at radius 2 is 2.10 bits per heavy atom. The standard InChI is InChI=1S/C15H17N3O3/c1-2-5-18-15(16-10-17-18)9-12(19)11-3-4-13-14(8-11)21-7-6-20-13/h3-4,8,10H,2,5-7,9H2,1H3. The highest BCUT2D eigenvalue weighted by Gasteiger charge is 2.17. The first-order valence-corrected chi connectivity index (χ1v) is 7.07. The van der Waals surface area contributed by atoms with Crippen LogP contribution in [0.4, 0.5) is 0 Å². The monoisotopic (exact) mass is 287 g/mol. The van der Waals surface area contributed by atoms with Gasteiger partial charge in [-0.15, -0.1) is 0 Å². The van der Waals surface area contributed by atoms with Crippen molar-refractivity contribution in [3.05, 3.63) is 35.9 Å². The molecule has 110 valence electrons. The summed E-state index contributed by atoms with van der Waals surface area (Å²) in [6.07, 6.45) is 2.68. The van der Waals surface area contributed by atoms with E-state index in [0.29, 0.717) is 36.1 Å². The zero-order valence-electron chi connectivity index (χ0n) is 11.9. The highest BCUT2D eigenvalue weighted by atomic mass is 16.6. The van der Waals surface area contributed by atoms with Crippen LogP contribution in [0, 0.1) is 0 Å². The summed E-state index contributed by atoms with van der Waals surface area (Å²) >= 11 is 0. The molecule has 1 aromatic carbocycles. The molecule has 0 N–H and O–H groups in total. The lowest BCUT2D eigenvalue weighted by molar-refractivity contribution is 0.0988. The number of hydrogen-bond acceptors (Lipinski definition) is 5. The van der Waals surface area contributed by atoms with Gasteiger partial charge in [-0.2, -0.15) is 5.10 Å². The third-order valence-electron chi connectivity index (χ3n) is 3.31. The minimum absolute atomic E-state index is 0.00248. The Morgan fingerprint density at radius 3 is 2.90 bits per heavy atom. The minimum Gasteiger partial charge on any atom is -0.486 e. The maximum absolute atomic E-state index is 12.4. The van der Waals surface area contributed by atoms with Crippen LogP contribution in [0.2, 0.25) is 0 Å². The lowest BCUT2D eigenvalue weighted by Crippen LogP contribution is -2.16. The van der Waals surface area contributed by atoms with Crippen molar-refractivity contribution in [1.82, 2.24) is 14.8 Å². The van der Waals surface area contributed by atoms with Crippen molar-refractivity contribution in [3.8, 4) is 11.5 Å². The molecule has 3 rings (SSSR count). The minimum atomic E-state index is -0.00248. The van der Waals surface area contributed by atoms with E-state index < -0.39 is 0 Å². The summed E-state index contributed by atoms with van der Waals surface area (Å²) in [5, 5.41) is 4.13. The Bertz CT molecular complexity index is 651. The summed E-state index contributed by atoms with van der Waals surface area (Å²) in [6.45, 7) is 3.88. The van der Waals surface area contributed by atoms with Gasteiger partial charge in [0.15, 0.2) is 17.3 Å². The molecule has 0 bridgehead atoms. The normalized spacial score (nSPS) is 13.2. The molecule has 0 unspecified atom stereocenters. The van der Waals surface area contributed by atoms with Crippen molar-refractivity contribution in [2.45, 2.75) is 26.3 Å². The average molecular weight is 287 g/mol. The van der Waals surface area contributed by atoms with E-state index in [2.05, 4.69) is 17.0 Å². The molecule has 0 saturated carbocycles. The van der Waals surface area contributed by atoms with Gasteiger partial charge in [0.2, 0.25) is 0 Å². The third-order valence-corrected chi connectivity index (χ3v) is 3.31. The molecule has 1 aromatic heterocycles. The fraction of sp³-hybridized carbons (Fsp3) is 0.400. The Morgan fingerprint density at radius 1 is 1.29 bits per heavy atom. The van der Waals surface area contributed by atoms with E-state index in [9.17, 15) is 4.79 Å². The second-order valence-electron chi connectivity index (χ2n) is 4.86. The molecule has 1 aliphatic heterocycles.